The van der Waals surface area contributed by atoms with E-state index in [1.807, 2.05) is 56.3 Å². The van der Waals surface area contributed by atoms with Crippen LogP contribution in [0.15, 0.2) is 48.5 Å². The Bertz CT molecular complexity index is 1240. The zero-order valence-electron chi connectivity index (χ0n) is 23.3. The molecule has 0 bridgehead atoms. The van der Waals surface area contributed by atoms with Gasteiger partial charge in [0.2, 0.25) is 5.91 Å². The van der Waals surface area contributed by atoms with Gasteiger partial charge in [-0.05, 0) is 50.5 Å². The maximum absolute atomic E-state index is 13.3. The first-order valence-corrected chi connectivity index (χ1v) is 13.1. The first-order valence-electron chi connectivity index (χ1n) is 13.1. The van der Waals surface area contributed by atoms with Gasteiger partial charge in [0.1, 0.15) is 12.4 Å². The minimum atomic E-state index is -0.279. The van der Waals surface area contributed by atoms with Gasteiger partial charge in [-0.2, -0.15) is 5.10 Å². The number of hydrogen-bond acceptors (Lipinski definition) is 3. The SMILES string of the molecule is CCCCCN(CC(=O)Nc1cc(C(C)(C)C)nn1-c1ccc(C)cc1C)C(=O)Nc1ccccc1C. The van der Waals surface area contributed by atoms with Gasteiger partial charge in [0.25, 0.3) is 0 Å². The zero-order valence-corrected chi connectivity index (χ0v) is 23.3. The number of anilines is 2. The lowest BCUT2D eigenvalue weighted by Gasteiger charge is -2.23. The van der Waals surface area contributed by atoms with Crippen molar-refractivity contribution in [1.82, 2.24) is 14.7 Å². The summed E-state index contributed by atoms with van der Waals surface area (Å²) in [7, 11) is 0. The fourth-order valence-electron chi connectivity index (χ4n) is 4.13. The molecule has 3 rings (SSSR count). The average Bonchev–Trinajstić information content (AvgIpc) is 3.24. The van der Waals surface area contributed by atoms with Crippen molar-refractivity contribution in [2.45, 2.75) is 73.1 Å². The molecule has 2 aromatic carbocycles. The standard InChI is InChI=1S/C30H41N5O2/c1-8-9-12-17-34(29(37)31-24-14-11-10-13-22(24)3)20-28(36)32-27-19-26(30(5,6)7)33-35(27)25-16-15-21(2)18-23(25)4/h10-11,13-16,18-19H,8-9,12,17,20H2,1-7H3,(H,31,37)(H,32,36). The van der Waals surface area contributed by atoms with Gasteiger partial charge in [0, 0.05) is 23.7 Å². The number of aryl methyl sites for hydroxylation is 3. The molecule has 0 aliphatic heterocycles. The normalized spacial score (nSPS) is 11.3. The molecule has 7 heteroatoms. The molecule has 0 aliphatic rings. The third kappa shape index (κ3) is 7.44. The van der Waals surface area contributed by atoms with E-state index in [4.69, 9.17) is 5.10 Å². The van der Waals surface area contributed by atoms with Gasteiger partial charge in [-0.25, -0.2) is 9.48 Å². The number of hydrogen-bond donors (Lipinski definition) is 2. The summed E-state index contributed by atoms with van der Waals surface area (Å²) in [4.78, 5) is 28.0. The lowest BCUT2D eigenvalue weighted by Crippen LogP contribution is -2.41. The summed E-state index contributed by atoms with van der Waals surface area (Å²) in [5.74, 6) is 0.331. The number of nitrogens with one attached hydrogen (secondary N) is 2. The maximum Gasteiger partial charge on any atom is 0.322 e. The van der Waals surface area contributed by atoms with Crippen LogP contribution in [0, 0.1) is 20.8 Å². The molecule has 7 nitrogen and oxygen atoms in total. The van der Waals surface area contributed by atoms with Gasteiger partial charge in [0.15, 0.2) is 0 Å². The highest BCUT2D eigenvalue weighted by Crippen LogP contribution is 2.28. The molecule has 0 saturated heterocycles. The monoisotopic (exact) mass is 503 g/mol. The molecule has 0 fully saturated rings. The molecular formula is C30H41N5O2. The summed E-state index contributed by atoms with van der Waals surface area (Å²) in [6.45, 7) is 14.9. The van der Waals surface area contributed by atoms with Gasteiger partial charge in [-0.1, -0.05) is 76.4 Å². The summed E-state index contributed by atoms with van der Waals surface area (Å²) in [6.07, 6.45) is 2.86. The summed E-state index contributed by atoms with van der Waals surface area (Å²) in [5.41, 5.74) is 5.55. The molecule has 0 spiro atoms. The van der Waals surface area contributed by atoms with Crippen molar-refractivity contribution in [2.24, 2.45) is 0 Å². The number of para-hydroxylation sites is 1. The fourth-order valence-corrected chi connectivity index (χ4v) is 4.13. The van der Waals surface area contributed by atoms with E-state index in [-0.39, 0.29) is 23.9 Å². The highest BCUT2D eigenvalue weighted by Gasteiger charge is 2.24. The number of carbonyl (C=O) groups excluding carboxylic acids is 2. The highest BCUT2D eigenvalue weighted by molar-refractivity contribution is 5.97. The molecule has 0 atom stereocenters. The van der Waals surface area contributed by atoms with Crippen molar-refractivity contribution in [2.75, 3.05) is 23.7 Å². The third-order valence-corrected chi connectivity index (χ3v) is 6.37. The first-order chi connectivity index (χ1) is 17.5. The summed E-state index contributed by atoms with van der Waals surface area (Å²) >= 11 is 0. The van der Waals surface area contributed by atoms with E-state index in [9.17, 15) is 9.59 Å². The molecule has 0 saturated carbocycles. The van der Waals surface area contributed by atoms with E-state index in [0.29, 0.717) is 12.4 Å². The predicted octanol–water partition coefficient (Wildman–Crippen LogP) is 6.76. The van der Waals surface area contributed by atoms with Crippen molar-refractivity contribution >= 4 is 23.4 Å². The molecule has 37 heavy (non-hydrogen) atoms. The second kappa shape index (κ2) is 12.1. The number of nitrogens with zero attached hydrogens (tertiary/aromatic N) is 3. The summed E-state index contributed by atoms with van der Waals surface area (Å²) in [5, 5.41) is 10.8. The Balaban J connectivity index is 1.84. The van der Waals surface area contributed by atoms with Crippen molar-refractivity contribution in [3.8, 4) is 5.69 Å². The Labute approximate surface area is 221 Å². The largest absolute Gasteiger partial charge is 0.322 e. The Morgan fingerprint density at radius 2 is 1.68 bits per heavy atom. The van der Waals surface area contributed by atoms with Crippen LogP contribution in [0.1, 0.15) is 69.3 Å². The second-order valence-electron chi connectivity index (χ2n) is 10.8. The Morgan fingerprint density at radius 3 is 2.32 bits per heavy atom. The van der Waals surface area contributed by atoms with Crippen molar-refractivity contribution in [3.63, 3.8) is 0 Å². The number of aromatic nitrogens is 2. The molecule has 0 aliphatic carbocycles. The van der Waals surface area contributed by atoms with Crippen LogP contribution in [0.4, 0.5) is 16.3 Å². The van der Waals surface area contributed by atoms with E-state index in [2.05, 4.69) is 51.3 Å². The smallest absolute Gasteiger partial charge is 0.315 e. The minimum Gasteiger partial charge on any atom is -0.315 e. The molecule has 2 N–H and O–H groups in total. The van der Waals surface area contributed by atoms with Crippen LogP contribution in [0.3, 0.4) is 0 Å². The Hall–Kier alpha value is -3.61. The molecular weight excluding hydrogens is 462 g/mol. The van der Waals surface area contributed by atoms with Crippen LogP contribution in [-0.4, -0.2) is 39.7 Å². The fraction of sp³-hybridized carbons (Fsp3) is 0.433. The van der Waals surface area contributed by atoms with Crippen LogP contribution in [0.25, 0.3) is 5.69 Å². The van der Waals surface area contributed by atoms with Crippen LogP contribution < -0.4 is 10.6 Å². The Kier molecular flexibility index (Phi) is 9.14. The zero-order chi connectivity index (χ0) is 27.2. The molecule has 3 amide bonds. The number of amides is 3. The minimum absolute atomic E-state index is 0.0513. The van der Waals surface area contributed by atoms with Gasteiger partial charge in [-0.15, -0.1) is 0 Å². The first kappa shape index (κ1) is 28.0. The van der Waals surface area contributed by atoms with Crippen LogP contribution in [0.5, 0.6) is 0 Å². The average molecular weight is 504 g/mol. The highest BCUT2D eigenvalue weighted by atomic mass is 16.2. The predicted molar refractivity (Wildman–Crippen MR) is 152 cm³/mol. The number of rotatable bonds is 9. The van der Waals surface area contributed by atoms with Crippen molar-refractivity contribution in [3.05, 3.63) is 70.9 Å². The van der Waals surface area contributed by atoms with E-state index in [0.717, 1.165) is 53.0 Å². The lowest BCUT2D eigenvalue weighted by molar-refractivity contribution is -0.116. The number of carbonyl (C=O) groups is 2. The van der Waals surface area contributed by atoms with Crippen LogP contribution >= 0.6 is 0 Å². The van der Waals surface area contributed by atoms with Gasteiger partial charge in [0.05, 0.1) is 11.4 Å². The lowest BCUT2D eigenvalue weighted by atomic mass is 9.92. The van der Waals surface area contributed by atoms with E-state index in [1.54, 1.807) is 9.58 Å². The van der Waals surface area contributed by atoms with Gasteiger partial charge >= 0.3 is 6.03 Å². The number of urea groups is 1. The van der Waals surface area contributed by atoms with Crippen molar-refractivity contribution < 1.29 is 9.59 Å². The summed E-state index contributed by atoms with van der Waals surface area (Å²) < 4.78 is 1.79. The van der Waals surface area contributed by atoms with Crippen LogP contribution in [0.2, 0.25) is 0 Å². The molecule has 198 valence electrons. The van der Waals surface area contributed by atoms with E-state index < -0.39 is 0 Å². The molecule has 1 aromatic heterocycles. The maximum atomic E-state index is 13.3. The molecule has 0 unspecified atom stereocenters. The van der Waals surface area contributed by atoms with E-state index >= 15 is 0 Å². The topological polar surface area (TPSA) is 79.3 Å². The second-order valence-corrected chi connectivity index (χ2v) is 10.8. The number of benzene rings is 2. The quantitative estimate of drug-likeness (QED) is 0.317. The molecule has 3 aromatic rings. The van der Waals surface area contributed by atoms with Crippen molar-refractivity contribution in [1.29, 1.82) is 0 Å². The summed E-state index contributed by atoms with van der Waals surface area (Å²) in [6, 6.07) is 15.4. The number of unbranched alkanes of at least 4 members (excludes halogenated alkanes) is 2. The third-order valence-electron chi connectivity index (χ3n) is 6.37. The van der Waals surface area contributed by atoms with E-state index in [1.165, 1.54) is 0 Å². The van der Waals surface area contributed by atoms with Gasteiger partial charge in [-0.3, -0.25) is 4.79 Å². The Morgan fingerprint density at radius 1 is 0.946 bits per heavy atom. The molecule has 0 radical (unpaired) electrons. The molecule has 1 heterocycles. The van der Waals surface area contributed by atoms with Gasteiger partial charge < -0.3 is 15.5 Å². The van der Waals surface area contributed by atoms with Crippen LogP contribution in [-0.2, 0) is 10.2 Å².